The van der Waals surface area contributed by atoms with Crippen LogP contribution in [0.15, 0.2) is 48.5 Å². The number of carboxylic acid groups (broad SMARTS) is 1. The Morgan fingerprint density at radius 1 is 1.09 bits per heavy atom. The molecule has 1 aliphatic heterocycles. The summed E-state index contributed by atoms with van der Waals surface area (Å²) in [6.45, 7) is 2.22. The maximum Gasteiger partial charge on any atom is 0.356 e. The number of aliphatic carboxylic acids is 1. The molecular weight excluding hydrogens is 296 g/mol. The number of para-hydroxylation sites is 1. The first-order chi connectivity index (χ1) is 11.0. The van der Waals surface area contributed by atoms with Gasteiger partial charge >= 0.3 is 5.97 Å². The number of ether oxygens (including phenoxy) is 2. The van der Waals surface area contributed by atoms with Crippen molar-refractivity contribution in [1.29, 1.82) is 0 Å². The van der Waals surface area contributed by atoms with Gasteiger partial charge in [-0.2, -0.15) is 0 Å². The first-order valence-electron chi connectivity index (χ1n) is 7.22. The lowest BCUT2D eigenvalue weighted by Gasteiger charge is -2.25. The third-order valence-corrected chi connectivity index (χ3v) is 3.89. The van der Waals surface area contributed by atoms with Gasteiger partial charge in [-0.3, -0.25) is 4.79 Å². The molecule has 2 aromatic rings. The molecule has 0 radical (unpaired) electrons. The zero-order valence-corrected chi connectivity index (χ0v) is 12.6. The molecule has 0 aliphatic carbocycles. The minimum absolute atomic E-state index is 0.301. The number of carboxylic acids is 1. The monoisotopic (exact) mass is 312 g/mol. The van der Waals surface area contributed by atoms with E-state index in [2.05, 4.69) is 0 Å². The van der Waals surface area contributed by atoms with E-state index in [4.69, 9.17) is 9.47 Å². The first kappa shape index (κ1) is 15.2. The fraction of sp³-hybridized carbons (Fsp3) is 0.222. The van der Waals surface area contributed by atoms with Gasteiger partial charge in [-0.1, -0.05) is 30.3 Å². The van der Waals surface area contributed by atoms with E-state index in [1.807, 2.05) is 0 Å². The summed E-state index contributed by atoms with van der Waals surface area (Å²) < 4.78 is 10.8. The second-order valence-corrected chi connectivity index (χ2v) is 5.56. The van der Waals surface area contributed by atoms with Crippen LogP contribution in [0.5, 0.6) is 5.75 Å². The largest absolute Gasteiger partial charge is 0.478 e. The maximum atomic E-state index is 12.8. The molecular formula is C18H16O5. The summed E-state index contributed by atoms with van der Waals surface area (Å²) in [5.74, 6) is -1.60. The molecule has 0 bridgehead atoms. The fourth-order valence-corrected chi connectivity index (χ4v) is 2.50. The lowest BCUT2D eigenvalue weighted by molar-refractivity contribution is -0.149. The summed E-state index contributed by atoms with van der Waals surface area (Å²) in [4.78, 5) is 24.5. The molecule has 1 aliphatic rings. The lowest BCUT2D eigenvalue weighted by atomic mass is 9.92. The highest BCUT2D eigenvalue weighted by Gasteiger charge is 2.44. The van der Waals surface area contributed by atoms with Crippen molar-refractivity contribution in [2.24, 2.45) is 0 Å². The van der Waals surface area contributed by atoms with E-state index in [1.165, 1.54) is 6.92 Å². The van der Waals surface area contributed by atoms with Crippen molar-refractivity contribution < 1.29 is 24.2 Å². The Bertz CT molecular complexity index is 753. The zero-order valence-electron chi connectivity index (χ0n) is 12.6. The maximum absolute atomic E-state index is 12.8. The second kappa shape index (κ2) is 5.85. The molecule has 1 N–H and O–H groups in total. The Kier molecular flexibility index (Phi) is 3.88. The van der Waals surface area contributed by atoms with Crippen LogP contribution in [-0.4, -0.2) is 22.5 Å². The van der Waals surface area contributed by atoms with Crippen LogP contribution in [0.25, 0.3) is 0 Å². The Morgan fingerprint density at radius 2 is 1.78 bits per heavy atom. The quantitative estimate of drug-likeness (QED) is 0.679. The van der Waals surface area contributed by atoms with E-state index >= 15 is 0 Å². The summed E-state index contributed by atoms with van der Waals surface area (Å²) in [5, 5.41) is 9.55. The summed E-state index contributed by atoms with van der Waals surface area (Å²) in [5.41, 5.74) is 0.232. The summed E-state index contributed by atoms with van der Waals surface area (Å²) >= 11 is 0. The Hall–Kier alpha value is -2.66. The molecule has 0 saturated carbocycles. The molecule has 5 nitrogen and oxygen atoms in total. The van der Waals surface area contributed by atoms with Gasteiger partial charge in [0.25, 0.3) is 5.60 Å². The van der Waals surface area contributed by atoms with Crippen molar-refractivity contribution in [1.82, 2.24) is 0 Å². The van der Waals surface area contributed by atoms with Crippen molar-refractivity contribution in [3.63, 3.8) is 0 Å². The van der Waals surface area contributed by atoms with Gasteiger partial charge in [0.2, 0.25) is 5.78 Å². The molecule has 0 amide bonds. The number of hydrogen-bond donors (Lipinski definition) is 1. The van der Waals surface area contributed by atoms with Crippen LogP contribution in [0.3, 0.4) is 0 Å². The number of ketones is 1. The predicted molar refractivity (Wildman–Crippen MR) is 82.4 cm³/mol. The van der Waals surface area contributed by atoms with Crippen LogP contribution in [0.4, 0.5) is 0 Å². The Labute approximate surface area is 133 Å². The van der Waals surface area contributed by atoms with Crippen molar-refractivity contribution in [2.45, 2.75) is 25.7 Å². The number of benzene rings is 2. The molecule has 118 valence electrons. The van der Waals surface area contributed by atoms with Crippen molar-refractivity contribution in [3.8, 4) is 5.75 Å². The van der Waals surface area contributed by atoms with Gasteiger partial charge in [-0.25, -0.2) is 4.79 Å². The van der Waals surface area contributed by atoms with Gasteiger partial charge in [0.1, 0.15) is 5.75 Å². The predicted octanol–water partition coefficient (Wildman–Crippen LogP) is 2.82. The summed E-state index contributed by atoms with van der Waals surface area (Å²) in [6.07, 6.45) is 0. The topological polar surface area (TPSA) is 72.8 Å². The van der Waals surface area contributed by atoms with Gasteiger partial charge in [0.15, 0.2) is 0 Å². The number of carbonyl (C=O) groups is 2. The van der Waals surface area contributed by atoms with Crippen LogP contribution in [0, 0.1) is 0 Å². The minimum Gasteiger partial charge on any atom is -0.478 e. The van der Waals surface area contributed by atoms with Crippen LogP contribution >= 0.6 is 0 Å². The van der Waals surface area contributed by atoms with Crippen molar-refractivity contribution in [3.05, 3.63) is 65.2 Å². The summed E-state index contributed by atoms with van der Waals surface area (Å²) in [6, 6.07) is 13.5. The third kappa shape index (κ3) is 2.83. The number of fused-ring (bicyclic) bond motifs is 1. The molecule has 23 heavy (non-hydrogen) atoms. The van der Waals surface area contributed by atoms with E-state index in [-0.39, 0.29) is 0 Å². The van der Waals surface area contributed by atoms with Gasteiger partial charge in [0.05, 0.1) is 13.2 Å². The molecule has 0 fully saturated rings. The van der Waals surface area contributed by atoms with Gasteiger partial charge in [-0.05, 0) is 36.2 Å². The standard InChI is InChI=1S/C18H16O5/c1-18(17(20)21,23-15-5-3-2-4-6-15)16(19)12-7-8-13-10-22-11-14(13)9-12/h2-9H,10-11H2,1H3,(H,20,21). The van der Waals surface area contributed by atoms with Gasteiger partial charge in [0, 0.05) is 5.56 Å². The molecule has 1 heterocycles. The average Bonchev–Trinajstić information content (AvgIpc) is 3.02. The second-order valence-electron chi connectivity index (χ2n) is 5.56. The molecule has 5 heteroatoms. The van der Waals surface area contributed by atoms with Crippen LogP contribution in [0.1, 0.15) is 28.4 Å². The molecule has 0 saturated heterocycles. The van der Waals surface area contributed by atoms with Crippen LogP contribution in [-0.2, 0) is 22.7 Å². The first-order valence-corrected chi connectivity index (χ1v) is 7.22. The number of rotatable bonds is 5. The van der Waals surface area contributed by atoms with E-state index in [0.29, 0.717) is 24.5 Å². The highest BCUT2D eigenvalue weighted by atomic mass is 16.5. The number of hydrogen-bond acceptors (Lipinski definition) is 4. The van der Waals surface area contributed by atoms with E-state index in [1.54, 1.807) is 48.5 Å². The van der Waals surface area contributed by atoms with Gasteiger partial charge < -0.3 is 14.6 Å². The third-order valence-electron chi connectivity index (χ3n) is 3.89. The molecule has 1 atom stereocenters. The molecule has 2 aromatic carbocycles. The molecule has 0 spiro atoms. The molecule has 1 unspecified atom stereocenters. The van der Waals surface area contributed by atoms with Crippen LogP contribution < -0.4 is 4.74 Å². The van der Waals surface area contributed by atoms with Crippen molar-refractivity contribution in [2.75, 3.05) is 0 Å². The fourth-order valence-electron chi connectivity index (χ4n) is 2.50. The highest BCUT2D eigenvalue weighted by Crippen LogP contribution is 2.26. The molecule has 0 aromatic heterocycles. The summed E-state index contributed by atoms with van der Waals surface area (Å²) in [7, 11) is 0. The average molecular weight is 312 g/mol. The van der Waals surface area contributed by atoms with E-state index in [0.717, 1.165) is 11.1 Å². The number of carbonyl (C=O) groups excluding carboxylic acids is 1. The van der Waals surface area contributed by atoms with E-state index < -0.39 is 17.4 Å². The Balaban J connectivity index is 1.94. The van der Waals surface area contributed by atoms with Crippen molar-refractivity contribution >= 4 is 11.8 Å². The number of Topliss-reactive ketones (excluding diaryl/α,β-unsaturated/α-hetero) is 1. The Morgan fingerprint density at radius 3 is 2.48 bits per heavy atom. The smallest absolute Gasteiger partial charge is 0.356 e. The highest BCUT2D eigenvalue weighted by molar-refractivity contribution is 6.15. The molecule has 3 rings (SSSR count). The zero-order chi connectivity index (χ0) is 16.4. The van der Waals surface area contributed by atoms with E-state index in [9.17, 15) is 14.7 Å². The SMILES string of the molecule is CC(Oc1ccccc1)(C(=O)O)C(=O)c1ccc2c(c1)COC2. The normalized spacial score (nSPS) is 15.5. The van der Waals surface area contributed by atoms with Gasteiger partial charge in [-0.15, -0.1) is 0 Å². The lowest BCUT2D eigenvalue weighted by Crippen LogP contribution is -2.49. The minimum atomic E-state index is -1.99. The van der Waals surface area contributed by atoms with Crippen LogP contribution in [0.2, 0.25) is 0 Å².